The zero-order valence-corrected chi connectivity index (χ0v) is 9.22. The molecule has 3 aromatic rings. The Bertz CT molecular complexity index is 608. The summed E-state index contributed by atoms with van der Waals surface area (Å²) in [6, 6.07) is 1.71. The summed E-state index contributed by atoms with van der Waals surface area (Å²) >= 11 is 1.27. The van der Waals surface area contributed by atoms with Crippen LogP contribution in [0.2, 0.25) is 0 Å². The smallest absolute Gasteiger partial charge is 0.180 e. The Morgan fingerprint density at radius 1 is 1.18 bits per heavy atom. The Hall–Kier alpha value is -2.42. The van der Waals surface area contributed by atoms with Gasteiger partial charge >= 0.3 is 0 Å². The predicted octanol–water partition coefficient (Wildman–Crippen LogP) is 2.07. The van der Waals surface area contributed by atoms with Crippen molar-refractivity contribution in [1.29, 1.82) is 0 Å². The van der Waals surface area contributed by atoms with Gasteiger partial charge in [-0.25, -0.2) is 0 Å². The lowest BCUT2D eigenvalue weighted by molar-refractivity contribution is 1.02. The average molecular weight is 246 g/mol. The predicted molar refractivity (Wildman–Crippen MR) is 60.3 cm³/mol. The van der Waals surface area contributed by atoms with E-state index in [1.54, 1.807) is 18.5 Å². The monoisotopic (exact) mass is 246 g/mol. The van der Waals surface area contributed by atoms with Gasteiger partial charge in [-0.15, -0.1) is 15.3 Å². The fraction of sp³-hybridized carbons (Fsp3) is 0. The second-order valence-corrected chi connectivity index (χ2v) is 3.67. The number of hydrogen-bond acceptors (Lipinski definition) is 7. The first kappa shape index (κ1) is 9.78. The molecule has 3 rings (SSSR count). The molecule has 0 radical (unpaired) electrons. The number of H-pyrrole nitrogens is 2. The Balaban J connectivity index is 1.92. The molecule has 9 heteroatoms. The lowest BCUT2D eigenvalue weighted by Gasteiger charge is -1.90. The number of hydrogen-bond donors (Lipinski definition) is 2. The zero-order chi connectivity index (χ0) is 11.5. The van der Waals surface area contributed by atoms with E-state index in [0.29, 0.717) is 11.6 Å². The van der Waals surface area contributed by atoms with Crippen LogP contribution < -0.4 is 0 Å². The van der Waals surface area contributed by atoms with E-state index in [-0.39, 0.29) is 0 Å². The summed E-state index contributed by atoms with van der Waals surface area (Å²) in [7, 11) is 0. The van der Waals surface area contributed by atoms with Crippen molar-refractivity contribution < 1.29 is 0 Å². The highest BCUT2D eigenvalue weighted by atomic mass is 32.1. The molecule has 8 nitrogen and oxygen atoms in total. The average Bonchev–Trinajstić information content (AvgIpc) is 3.09. The molecule has 0 saturated heterocycles. The van der Waals surface area contributed by atoms with E-state index < -0.39 is 0 Å². The molecule has 2 N–H and O–H groups in total. The second kappa shape index (κ2) is 4.22. The highest BCUT2D eigenvalue weighted by Crippen LogP contribution is 2.27. The van der Waals surface area contributed by atoms with Crippen molar-refractivity contribution in [3.05, 3.63) is 23.8 Å². The largest absolute Gasteiger partial charge is 0.260 e. The first-order valence-electron chi connectivity index (χ1n) is 4.65. The van der Waals surface area contributed by atoms with E-state index >= 15 is 0 Å². The molecule has 3 aromatic heterocycles. The topological polar surface area (TPSA) is 108 Å². The molecule has 0 atom stereocenters. The first-order chi connectivity index (χ1) is 8.43. The zero-order valence-electron chi connectivity index (χ0n) is 8.40. The second-order valence-electron chi connectivity index (χ2n) is 3.06. The van der Waals surface area contributed by atoms with Gasteiger partial charge in [0.1, 0.15) is 5.69 Å². The number of rotatable bonds is 3. The maximum Gasteiger partial charge on any atom is 0.180 e. The van der Waals surface area contributed by atoms with E-state index in [4.69, 9.17) is 0 Å². The van der Waals surface area contributed by atoms with Gasteiger partial charge in [0.05, 0.1) is 18.0 Å². The van der Waals surface area contributed by atoms with Crippen molar-refractivity contribution in [1.82, 2.24) is 30.0 Å². The summed E-state index contributed by atoms with van der Waals surface area (Å²) in [4.78, 5) is 0. The van der Waals surface area contributed by atoms with Crippen molar-refractivity contribution in [2.24, 2.45) is 10.2 Å². The number of nitrogens with zero attached hydrogens (tertiary/aromatic N) is 6. The SMILES string of the molecule is c1cc(N=Nc2[nH]ncc2-c2csnn2)[nH]n1. The summed E-state index contributed by atoms with van der Waals surface area (Å²) in [5.41, 5.74) is 1.49. The lowest BCUT2D eigenvalue weighted by atomic mass is 10.3. The molecule has 0 aliphatic heterocycles. The third-order valence-corrected chi connectivity index (χ3v) is 2.50. The van der Waals surface area contributed by atoms with Gasteiger partial charge in [0.15, 0.2) is 11.6 Å². The molecule has 3 heterocycles. The molecule has 0 spiro atoms. The highest BCUT2D eigenvalue weighted by Gasteiger charge is 2.09. The molecule has 0 unspecified atom stereocenters. The van der Waals surface area contributed by atoms with Crippen molar-refractivity contribution in [2.75, 3.05) is 0 Å². The Kier molecular flexibility index (Phi) is 2.43. The van der Waals surface area contributed by atoms with Crippen molar-refractivity contribution in [3.8, 4) is 11.3 Å². The molecule has 17 heavy (non-hydrogen) atoms. The van der Waals surface area contributed by atoms with E-state index in [0.717, 1.165) is 11.3 Å². The standard InChI is InChI=1S/C8H6N8S/c1-2-9-12-7(1)13-15-8-5(3-10-14-8)6-4-17-16-11-6/h1-4H,(H,9,12)(H,10,14). The number of azo groups is 1. The van der Waals surface area contributed by atoms with Gasteiger partial charge < -0.3 is 0 Å². The van der Waals surface area contributed by atoms with E-state index in [9.17, 15) is 0 Å². The third kappa shape index (κ3) is 1.95. The number of nitrogens with one attached hydrogen (secondary N) is 2. The lowest BCUT2D eigenvalue weighted by Crippen LogP contribution is -1.75. The molecule has 0 fully saturated rings. The first-order valence-corrected chi connectivity index (χ1v) is 5.49. The Labute approximate surface area is 99.0 Å². The molecular formula is C8H6N8S. The Morgan fingerprint density at radius 2 is 2.18 bits per heavy atom. The van der Waals surface area contributed by atoms with Crippen LogP contribution in [0.5, 0.6) is 0 Å². The fourth-order valence-corrected chi connectivity index (χ4v) is 1.69. The van der Waals surface area contributed by atoms with Crippen LogP contribution in [0.15, 0.2) is 34.1 Å². The van der Waals surface area contributed by atoms with Crippen LogP contribution >= 0.6 is 11.5 Å². The minimum absolute atomic E-state index is 0.535. The molecule has 0 amide bonds. The quantitative estimate of drug-likeness (QED) is 0.689. The van der Waals surface area contributed by atoms with Crippen LogP contribution in [0, 0.1) is 0 Å². The molecule has 0 bridgehead atoms. The third-order valence-electron chi connectivity index (χ3n) is 2.00. The summed E-state index contributed by atoms with van der Waals surface area (Å²) in [5, 5.41) is 26.9. The van der Waals surface area contributed by atoms with Gasteiger partial charge in [-0.3, -0.25) is 10.2 Å². The molecule has 0 aromatic carbocycles. The van der Waals surface area contributed by atoms with Gasteiger partial charge in [-0.05, 0) is 11.5 Å². The van der Waals surface area contributed by atoms with E-state index in [1.165, 1.54) is 11.5 Å². The van der Waals surface area contributed by atoms with Crippen LogP contribution in [-0.4, -0.2) is 30.0 Å². The fourth-order valence-electron chi connectivity index (χ4n) is 1.23. The summed E-state index contributed by atoms with van der Waals surface area (Å²) in [6.07, 6.45) is 3.24. The van der Waals surface area contributed by atoms with Gasteiger partial charge in [-0.2, -0.15) is 10.2 Å². The molecule has 0 saturated carbocycles. The van der Waals surface area contributed by atoms with Gasteiger partial charge in [0.2, 0.25) is 0 Å². The van der Waals surface area contributed by atoms with Crippen LogP contribution in [0.3, 0.4) is 0 Å². The van der Waals surface area contributed by atoms with E-state index in [1.807, 2.05) is 5.38 Å². The minimum atomic E-state index is 0.535. The van der Waals surface area contributed by atoms with Crippen LogP contribution in [0.4, 0.5) is 11.6 Å². The summed E-state index contributed by atoms with van der Waals surface area (Å²) < 4.78 is 3.79. The van der Waals surface area contributed by atoms with Gasteiger partial charge in [0.25, 0.3) is 0 Å². The van der Waals surface area contributed by atoms with Gasteiger partial charge in [-0.1, -0.05) is 4.49 Å². The van der Waals surface area contributed by atoms with Crippen LogP contribution in [-0.2, 0) is 0 Å². The van der Waals surface area contributed by atoms with Crippen molar-refractivity contribution >= 4 is 23.2 Å². The van der Waals surface area contributed by atoms with Crippen LogP contribution in [0.1, 0.15) is 0 Å². The van der Waals surface area contributed by atoms with Crippen molar-refractivity contribution in [3.63, 3.8) is 0 Å². The maximum absolute atomic E-state index is 4.04. The normalized spacial score (nSPS) is 11.3. The molecular weight excluding hydrogens is 240 g/mol. The molecule has 84 valence electrons. The number of aromatic nitrogens is 6. The highest BCUT2D eigenvalue weighted by molar-refractivity contribution is 7.03. The summed E-state index contributed by atoms with van der Waals surface area (Å²) in [5.74, 6) is 1.11. The Morgan fingerprint density at radius 3 is 2.94 bits per heavy atom. The minimum Gasteiger partial charge on any atom is -0.260 e. The van der Waals surface area contributed by atoms with Gasteiger partial charge in [0, 0.05) is 11.4 Å². The molecule has 0 aliphatic rings. The maximum atomic E-state index is 4.04. The van der Waals surface area contributed by atoms with E-state index in [2.05, 4.69) is 40.2 Å². The summed E-state index contributed by atoms with van der Waals surface area (Å²) in [6.45, 7) is 0. The van der Waals surface area contributed by atoms with Crippen molar-refractivity contribution in [2.45, 2.75) is 0 Å². The molecule has 0 aliphatic carbocycles. The van der Waals surface area contributed by atoms with Crippen LogP contribution in [0.25, 0.3) is 11.3 Å². The number of aromatic amines is 2.